The zero-order valence-electron chi connectivity index (χ0n) is 14.0. The van der Waals surface area contributed by atoms with Gasteiger partial charge >= 0.3 is 0 Å². The van der Waals surface area contributed by atoms with Crippen LogP contribution in [0.4, 0.5) is 5.82 Å². The predicted octanol–water partition coefficient (Wildman–Crippen LogP) is 2.10. The number of hydrogen-bond donors (Lipinski definition) is 0. The van der Waals surface area contributed by atoms with Crippen molar-refractivity contribution in [3.05, 3.63) is 59.8 Å². The van der Waals surface area contributed by atoms with Crippen molar-refractivity contribution in [3.63, 3.8) is 0 Å². The lowest BCUT2D eigenvalue weighted by atomic mass is 10.2. The summed E-state index contributed by atoms with van der Waals surface area (Å²) < 4.78 is 5.44. The summed E-state index contributed by atoms with van der Waals surface area (Å²) in [5.74, 6) is 1.36. The zero-order chi connectivity index (χ0) is 17.1. The van der Waals surface area contributed by atoms with E-state index in [1.54, 1.807) is 18.3 Å². The fraction of sp³-hybridized carbons (Fsp3) is 0.316. The number of hydrogen-bond acceptors (Lipinski definition) is 5. The van der Waals surface area contributed by atoms with Gasteiger partial charge in [0.05, 0.1) is 25.3 Å². The van der Waals surface area contributed by atoms with Gasteiger partial charge in [0, 0.05) is 25.8 Å². The van der Waals surface area contributed by atoms with E-state index in [9.17, 15) is 4.79 Å². The largest absolute Gasteiger partial charge is 0.378 e. The highest BCUT2D eigenvalue weighted by molar-refractivity contribution is 6.03. The Bertz CT molecular complexity index is 785. The average molecular weight is 336 g/mol. The van der Waals surface area contributed by atoms with E-state index in [0.29, 0.717) is 37.7 Å². The van der Waals surface area contributed by atoms with Crippen LogP contribution in [-0.4, -0.2) is 59.4 Å². The topological polar surface area (TPSA) is 58.0 Å². The molecule has 25 heavy (non-hydrogen) atoms. The Labute approximate surface area is 146 Å². The van der Waals surface area contributed by atoms with Gasteiger partial charge < -0.3 is 14.5 Å². The Hall–Kier alpha value is -2.73. The van der Waals surface area contributed by atoms with Crippen LogP contribution >= 0.6 is 0 Å². The molecule has 0 N–H and O–H groups in total. The second-order valence-electron chi connectivity index (χ2n) is 6.15. The number of benzene rings is 1. The Morgan fingerprint density at radius 3 is 2.64 bits per heavy atom. The summed E-state index contributed by atoms with van der Waals surface area (Å²) >= 11 is 0. The number of morpholine rings is 1. The molecule has 0 unspecified atom stereocenters. The average Bonchev–Trinajstić information content (AvgIpc) is 2.81. The number of aromatic nitrogens is 1. The van der Waals surface area contributed by atoms with E-state index in [-0.39, 0.29) is 5.91 Å². The molecule has 3 heterocycles. The van der Waals surface area contributed by atoms with Gasteiger partial charge in [-0.2, -0.15) is 0 Å². The van der Waals surface area contributed by atoms with Crippen LogP contribution in [0.25, 0.3) is 0 Å². The molecule has 1 aromatic carbocycles. The molecule has 0 spiro atoms. The standard InChI is InChI=1S/C19H20N4O2/c24-19-16-7-4-8-20-18(16)21-17(22-9-11-25-12-10-22)14-23(19)13-15-5-2-1-3-6-15/h1-8H,9-14H2. The molecular formula is C19H20N4O2. The van der Waals surface area contributed by atoms with Crippen molar-refractivity contribution in [2.45, 2.75) is 6.54 Å². The molecule has 4 rings (SSSR count). The van der Waals surface area contributed by atoms with Crippen molar-refractivity contribution in [3.8, 4) is 0 Å². The number of amidine groups is 1. The Morgan fingerprint density at radius 1 is 1.04 bits per heavy atom. The lowest BCUT2D eigenvalue weighted by molar-refractivity contribution is 0.0644. The molecular weight excluding hydrogens is 316 g/mol. The number of nitrogens with zero attached hydrogens (tertiary/aromatic N) is 4. The highest BCUT2D eigenvalue weighted by Crippen LogP contribution is 2.23. The van der Waals surface area contributed by atoms with Gasteiger partial charge in [0.25, 0.3) is 5.91 Å². The maximum absolute atomic E-state index is 13.0. The van der Waals surface area contributed by atoms with E-state index >= 15 is 0 Å². The molecule has 0 radical (unpaired) electrons. The summed E-state index contributed by atoms with van der Waals surface area (Å²) in [6.07, 6.45) is 1.68. The molecule has 0 bridgehead atoms. The molecule has 6 heteroatoms. The maximum Gasteiger partial charge on any atom is 0.258 e. The van der Waals surface area contributed by atoms with E-state index < -0.39 is 0 Å². The van der Waals surface area contributed by atoms with Gasteiger partial charge in [-0.1, -0.05) is 30.3 Å². The predicted molar refractivity (Wildman–Crippen MR) is 94.9 cm³/mol. The van der Waals surface area contributed by atoms with Gasteiger partial charge in [0.1, 0.15) is 5.84 Å². The molecule has 1 aromatic heterocycles. The smallest absolute Gasteiger partial charge is 0.258 e. The third kappa shape index (κ3) is 3.39. The number of amides is 1. The maximum atomic E-state index is 13.0. The van der Waals surface area contributed by atoms with Gasteiger partial charge in [-0.3, -0.25) is 4.79 Å². The second kappa shape index (κ2) is 7.03. The van der Waals surface area contributed by atoms with E-state index in [2.05, 4.69) is 9.88 Å². The summed E-state index contributed by atoms with van der Waals surface area (Å²) in [7, 11) is 0. The van der Waals surface area contributed by atoms with E-state index in [4.69, 9.17) is 9.73 Å². The van der Waals surface area contributed by atoms with Crippen molar-refractivity contribution in [2.75, 3.05) is 32.8 Å². The van der Waals surface area contributed by atoms with Crippen LogP contribution in [0.2, 0.25) is 0 Å². The number of rotatable bonds is 2. The van der Waals surface area contributed by atoms with Crippen molar-refractivity contribution in [1.82, 2.24) is 14.8 Å². The molecule has 1 saturated heterocycles. The first-order valence-corrected chi connectivity index (χ1v) is 8.50. The summed E-state index contributed by atoms with van der Waals surface area (Å²) in [6.45, 7) is 3.96. The molecule has 0 atom stereocenters. The molecule has 0 saturated carbocycles. The SMILES string of the molecule is O=C1c2cccnc2N=C(N2CCOCC2)CN1Cc1ccccc1. The summed E-state index contributed by atoms with van der Waals surface area (Å²) in [4.78, 5) is 26.1. The summed E-state index contributed by atoms with van der Waals surface area (Å²) in [5, 5.41) is 0. The summed E-state index contributed by atoms with van der Waals surface area (Å²) in [5.41, 5.74) is 1.66. The lowest BCUT2D eigenvalue weighted by Gasteiger charge is -2.31. The van der Waals surface area contributed by atoms with E-state index in [1.807, 2.05) is 35.2 Å². The van der Waals surface area contributed by atoms with Crippen LogP contribution in [0.5, 0.6) is 0 Å². The Kier molecular flexibility index (Phi) is 4.43. The normalized spacial score (nSPS) is 17.8. The first kappa shape index (κ1) is 15.8. The Balaban J connectivity index is 1.68. The van der Waals surface area contributed by atoms with Crippen molar-refractivity contribution in [1.29, 1.82) is 0 Å². The first-order chi connectivity index (χ1) is 12.3. The Morgan fingerprint density at radius 2 is 1.84 bits per heavy atom. The third-order valence-electron chi connectivity index (χ3n) is 4.46. The lowest BCUT2D eigenvalue weighted by Crippen LogP contribution is -2.46. The number of carbonyl (C=O) groups is 1. The van der Waals surface area contributed by atoms with Gasteiger partial charge in [-0.15, -0.1) is 0 Å². The number of ether oxygens (including phenoxy) is 1. The van der Waals surface area contributed by atoms with Gasteiger partial charge in [0.2, 0.25) is 0 Å². The van der Waals surface area contributed by atoms with Gasteiger partial charge in [0.15, 0.2) is 5.82 Å². The molecule has 1 fully saturated rings. The van der Waals surface area contributed by atoms with Crippen LogP contribution in [-0.2, 0) is 11.3 Å². The highest BCUT2D eigenvalue weighted by atomic mass is 16.5. The van der Waals surface area contributed by atoms with Crippen LogP contribution in [0.3, 0.4) is 0 Å². The third-order valence-corrected chi connectivity index (χ3v) is 4.46. The minimum Gasteiger partial charge on any atom is -0.378 e. The van der Waals surface area contributed by atoms with Crippen molar-refractivity contribution < 1.29 is 9.53 Å². The van der Waals surface area contributed by atoms with Crippen molar-refractivity contribution in [2.24, 2.45) is 4.99 Å². The zero-order valence-corrected chi connectivity index (χ0v) is 14.0. The fourth-order valence-electron chi connectivity index (χ4n) is 3.15. The highest BCUT2D eigenvalue weighted by Gasteiger charge is 2.28. The molecule has 2 aromatic rings. The fourth-order valence-corrected chi connectivity index (χ4v) is 3.15. The van der Waals surface area contributed by atoms with Gasteiger partial charge in [-0.05, 0) is 17.7 Å². The first-order valence-electron chi connectivity index (χ1n) is 8.50. The number of carbonyl (C=O) groups excluding carboxylic acids is 1. The number of fused-ring (bicyclic) bond motifs is 1. The summed E-state index contributed by atoms with van der Waals surface area (Å²) in [6, 6.07) is 13.6. The van der Waals surface area contributed by atoms with Crippen LogP contribution in [0, 0.1) is 0 Å². The quantitative estimate of drug-likeness (QED) is 0.843. The van der Waals surface area contributed by atoms with E-state index in [1.165, 1.54) is 0 Å². The van der Waals surface area contributed by atoms with Gasteiger partial charge in [-0.25, -0.2) is 9.98 Å². The molecule has 2 aliphatic heterocycles. The number of aliphatic imine (C=N–C) groups is 1. The molecule has 0 aliphatic carbocycles. The van der Waals surface area contributed by atoms with E-state index in [0.717, 1.165) is 24.5 Å². The van der Waals surface area contributed by atoms with Crippen LogP contribution < -0.4 is 0 Å². The minimum absolute atomic E-state index is 0.0287. The molecule has 1 amide bonds. The van der Waals surface area contributed by atoms with Crippen molar-refractivity contribution >= 4 is 17.6 Å². The monoisotopic (exact) mass is 336 g/mol. The van der Waals surface area contributed by atoms with Crippen LogP contribution in [0.15, 0.2) is 53.7 Å². The second-order valence-corrected chi connectivity index (χ2v) is 6.15. The minimum atomic E-state index is -0.0287. The molecule has 6 nitrogen and oxygen atoms in total. The molecule has 2 aliphatic rings. The number of pyridine rings is 1. The van der Waals surface area contributed by atoms with Crippen LogP contribution in [0.1, 0.15) is 15.9 Å². The molecule has 128 valence electrons.